The molecule has 1 aliphatic heterocycles. The summed E-state index contributed by atoms with van der Waals surface area (Å²) in [4.78, 5) is 31.6. The van der Waals surface area contributed by atoms with E-state index in [0.717, 1.165) is 26.7 Å². The third kappa shape index (κ3) is 4.85. The van der Waals surface area contributed by atoms with Crippen LogP contribution in [-0.4, -0.2) is 54.6 Å². The second-order valence-corrected chi connectivity index (χ2v) is 10.0. The molecule has 1 saturated heterocycles. The molecule has 1 amide bonds. The molecule has 3 aromatic carbocycles. The highest BCUT2D eigenvalue weighted by Crippen LogP contribution is 2.41. The molecule has 5 rings (SSSR count). The Morgan fingerprint density at radius 3 is 2.49 bits per heavy atom. The highest BCUT2D eigenvalue weighted by atomic mass is 79.9. The van der Waals surface area contributed by atoms with Gasteiger partial charge in [-0.2, -0.15) is 0 Å². The number of fused-ring (bicyclic) bond motifs is 1. The van der Waals surface area contributed by atoms with Crippen LogP contribution in [0, 0.1) is 0 Å². The summed E-state index contributed by atoms with van der Waals surface area (Å²) in [6, 6.07) is 17.2. The molecule has 0 saturated carbocycles. The van der Waals surface area contributed by atoms with E-state index in [-0.39, 0.29) is 17.9 Å². The number of hydrogen-bond acceptors (Lipinski definition) is 6. The highest BCUT2D eigenvalue weighted by Gasteiger charge is 2.46. The van der Waals surface area contributed by atoms with E-state index in [1.54, 1.807) is 25.3 Å². The number of ketones is 1. The monoisotopic (exact) mass is 590 g/mol. The van der Waals surface area contributed by atoms with Crippen molar-refractivity contribution in [3.05, 3.63) is 93.6 Å². The minimum atomic E-state index is -0.782. The zero-order valence-corrected chi connectivity index (χ0v) is 23.2. The molecular formula is C30H27BrN2O6. The lowest BCUT2D eigenvalue weighted by atomic mass is 9.95. The number of benzene rings is 3. The summed E-state index contributed by atoms with van der Waals surface area (Å²) in [7, 11) is 4.62. The number of hydrogen-bond donors (Lipinski definition) is 2. The van der Waals surface area contributed by atoms with Gasteiger partial charge in [0.25, 0.3) is 11.7 Å². The highest BCUT2D eigenvalue weighted by molar-refractivity contribution is 9.10. The molecule has 2 N–H and O–H groups in total. The minimum Gasteiger partial charge on any atom is -0.507 e. The fourth-order valence-corrected chi connectivity index (χ4v) is 5.42. The van der Waals surface area contributed by atoms with E-state index in [4.69, 9.17) is 14.2 Å². The summed E-state index contributed by atoms with van der Waals surface area (Å²) in [6.07, 6.45) is 2.39. The number of likely N-dealkylation sites (tertiary alicyclic amines) is 1. The molecule has 2 heterocycles. The van der Waals surface area contributed by atoms with Crippen LogP contribution in [0.5, 0.6) is 17.2 Å². The number of aromatic amines is 1. The van der Waals surface area contributed by atoms with Gasteiger partial charge in [-0.1, -0.05) is 28.1 Å². The first kappa shape index (κ1) is 26.4. The van der Waals surface area contributed by atoms with Crippen molar-refractivity contribution in [2.45, 2.75) is 12.5 Å². The average molecular weight is 591 g/mol. The van der Waals surface area contributed by atoms with E-state index in [0.29, 0.717) is 29.0 Å². The van der Waals surface area contributed by atoms with Crippen LogP contribution in [0.2, 0.25) is 0 Å². The molecule has 0 bridgehead atoms. The summed E-state index contributed by atoms with van der Waals surface area (Å²) in [5.74, 6) is -0.0864. The maximum atomic E-state index is 13.4. The molecule has 39 heavy (non-hydrogen) atoms. The molecule has 1 atom stereocenters. The Balaban J connectivity index is 1.57. The molecule has 1 fully saturated rings. The number of ether oxygens (including phenoxy) is 3. The first-order valence-electron chi connectivity index (χ1n) is 12.3. The third-order valence-electron chi connectivity index (χ3n) is 6.96. The number of halogens is 1. The molecule has 8 nitrogen and oxygen atoms in total. The number of rotatable bonds is 8. The van der Waals surface area contributed by atoms with Gasteiger partial charge in [-0.25, -0.2) is 0 Å². The molecule has 0 spiro atoms. The van der Waals surface area contributed by atoms with Crippen LogP contribution in [0.15, 0.2) is 76.9 Å². The van der Waals surface area contributed by atoms with Crippen molar-refractivity contribution >= 4 is 44.3 Å². The predicted molar refractivity (Wildman–Crippen MR) is 151 cm³/mol. The van der Waals surface area contributed by atoms with Gasteiger partial charge in [0.1, 0.15) is 11.5 Å². The predicted octanol–water partition coefficient (Wildman–Crippen LogP) is 5.62. The van der Waals surface area contributed by atoms with Gasteiger partial charge in [-0.3, -0.25) is 9.59 Å². The maximum Gasteiger partial charge on any atom is 0.295 e. The number of nitrogens with zero attached hydrogens (tertiary/aromatic N) is 1. The van der Waals surface area contributed by atoms with Crippen LogP contribution in [-0.2, 0) is 16.0 Å². The van der Waals surface area contributed by atoms with Crippen molar-refractivity contribution in [1.82, 2.24) is 9.88 Å². The van der Waals surface area contributed by atoms with Crippen LogP contribution in [0.3, 0.4) is 0 Å². The number of aliphatic hydroxyl groups excluding tert-OH is 1. The van der Waals surface area contributed by atoms with Gasteiger partial charge in [0, 0.05) is 33.7 Å². The molecule has 1 aromatic heterocycles. The topological polar surface area (TPSA) is 101 Å². The SMILES string of the molecule is COc1ccc2[nH]cc(CCN3C(=O)C(=O)C(=C(O)c4ccc(OC)c(OC)c4)[C@@H]3c3cccc(Br)c3)c2c1. The fraction of sp³-hybridized carbons (Fsp3) is 0.200. The average Bonchev–Trinajstić information content (AvgIpc) is 3.48. The van der Waals surface area contributed by atoms with Crippen LogP contribution < -0.4 is 14.2 Å². The molecule has 1 aliphatic rings. The van der Waals surface area contributed by atoms with Gasteiger partial charge in [-0.15, -0.1) is 0 Å². The van der Waals surface area contributed by atoms with Crippen molar-refractivity contribution in [2.24, 2.45) is 0 Å². The normalized spacial score (nSPS) is 16.6. The van der Waals surface area contributed by atoms with Gasteiger partial charge in [0.05, 0.1) is 32.9 Å². The van der Waals surface area contributed by atoms with Crippen LogP contribution in [0.1, 0.15) is 22.7 Å². The zero-order chi connectivity index (χ0) is 27.7. The first-order valence-corrected chi connectivity index (χ1v) is 13.1. The summed E-state index contributed by atoms with van der Waals surface area (Å²) >= 11 is 3.49. The number of aromatic nitrogens is 1. The summed E-state index contributed by atoms with van der Waals surface area (Å²) < 4.78 is 16.8. The Bertz CT molecular complexity index is 1610. The van der Waals surface area contributed by atoms with Crippen LogP contribution in [0.25, 0.3) is 16.7 Å². The third-order valence-corrected chi connectivity index (χ3v) is 7.45. The standard InChI is InChI=1S/C30H27BrN2O6/c1-37-21-8-9-23-22(15-21)19(16-32-23)11-12-33-27(17-5-4-6-20(31)13-17)26(29(35)30(33)36)28(34)18-7-10-24(38-2)25(14-18)39-3/h4-10,13-16,27,32,34H,11-12H2,1-3H3/t27-/m0/s1. The van der Waals surface area contributed by atoms with E-state index in [1.165, 1.54) is 19.1 Å². The van der Waals surface area contributed by atoms with Crippen molar-refractivity contribution < 1.29 is 28.9 Å². The summed E-state index contributed by atoms with van der Waals surface area (Å²) in [5.41, 5.74) is 3.00. The van der Waals surface area contributed by atoms with Gasteiger partial charge in [0.15, 0.2) is 11.5 Å². The number of carbonyl (C=O) groups excluding carboxylic acids is 2. The molecule has 0 radical (unpaired) electrons. The fourth-order valence-electron chi connectivity index (χ4n) is 5.01. The summed E-state index contributed by atoms with van der Waals surface area (Å²) in [5, 5.41) is 12.4. The largest absolute Gasteiger partial charge is 0.507 e. The van der Waals surface area contributed by atoms with E-state index in [9.17, 15) is 14.7 Å². The second kappa shape index (κ2) is 10.9. The zero-order valence-electron chi connectivity index (χ0n) is 21.7. The second-order valence-electron chi connectivity index (χ2n) is 9.09. The Morgan fingerprint density at radius 2 is 1.77 bits per heavy atom. The lowest BCUT2D eigenvalue weighted by Gasteiger charge is -2.25. The van der Waals surface area contributed by atoms with Crippen molar-refractivity contribution in [1.29, 1.82) is 0 Å². The van der Waals surface area contributed by atoms with Gasteiger partial charge in [-0.05, 0) is 66.1 Å². The number of aliphatic hydroxyl groups is 1. The van der Waals surface area contributed by atoms with Crippen molar-refractivity contribution in [3.63, 3.8) is 0 Å². The van der Waals surface area contributed by atoms with Crippen LogP contribution in [0.4, 0.5) is 0 Å². The Labute approximate surface area is 233 Å². The molecule has 0 aliphatic carbocycles. The molecule has 4 aromatic rings. The first-order chi connectivity index (χ1) is 18.9. The lowest BCUT2D eigenvalue weighted by molar-refractivity contribution is -0.139. The van der Waals surface area contributed by atoms with Gasteiger partial charge in [0.2, 0.25) is 0 Å². The number of Topliss-reactive ketones (excluding diaryl/α,β-unsaturated/α-hetero) is 1. The van der Waals surface area contributed by atoms with E-state index >= 15 is 0 Å². The summed E-state index contributed by atoms with van der Waals surface area (Å²) in [6.45, 7) is 0.259. The quantitative estimate of drug-likeness (QED) is 0.157. The number of methoxy groups -OCH3 is 3. The number of carbonyl (C=O) groups is 2. The van der Waals surface area contributed by atoms with Gasteiger partial charge < -0.3 is 29.2 Å². The van der Waals surface area contributed by atoms with E-state index < -0.39 is 17.7 Å². The lowest BCUT2D eigenvalue weighted by Crippen LogP contribution is -2.31. The van der Waals surface area contributed by atoms with E-state index in [2.05, 4.69) is 20.9 Å². The maximum absolute atomic E-state index is 13.4. The Kier molecular flexibility index (Phi) is 7.34. The van der Waals surface area contributed by atoms with Crippen LogP contribution >= 0.6 is 15.9 Å². The van der Waals surface area contributed by atoms with Crippen molar-refractivity contribution in [2.75, 3.05) is 27.9 Å². The molecule has 200 valence electrons. The minimum absolute atomic E-state index is 0.0194. The van der Waals surface area contributed by atoms with E-state index in [1.807, 2.05) is 48.7 Å². The number of H-pyrrole nitrogens is 1. The Morgan fingerprint density at radius 1 is 0.974 bits per heavy atom. The smallest absolute Gasteiger partial charge is 0.295 e. The number of nitrogens with one attached hydrogen (secondary N) is 1. The Hall–Kier alpha value is -4.24. The molecule has 0 unspecified atom stereocenters. The van der Waals surface area contributed by atoms with Crippen molar-refractivity contribution in [3.8, 4) is 17.2 Å². The number of amides is 1. The molecule has 9 heteroatoms. The van der Waals surface area contributed by atoms with Gasteiger partial charge >= 0.3 is 0 Å². The molecular weight excluding hydrogens is 564 g/mol.